The lowest BCUT2D eigenvalue weighted by atomic mass is 10.1. The van der Waals surface area contributed by atoms with Gasteiger partial charge in [-0.3, -0.25) is 0 Å². The third-order valence-corrected chi connectivity index (χ3v) is 2.47. The van der Waals surface area contributed by atoms with Crippen LogP contribution in [0.3, 0.4) is 0 Å². The smallest absolute Gasteiger partial charge is 0.326 e. The van der Waals surface area contributed by atoms with Crippen LogP contribution in [0.5, 0.6) is 0 Å². The number of aliphatic carboxylic acids is 1. The Bertz CT molecular complexity index is 414. The quantitative estimate of drug-likeness (QED) is 0.827. The van der Waals surface area contributed by atoms with Crippen LogP contribution in [0.1, 0.15) is 26.2 Å². The Hall–Kier alpha value is -1.72. The molecule has 0 aliphatic heterocycles. The number of anilines is 1. The van der Waals surface area contributed by atoms with Crippen molar-refractivity contribution in [3.05, 3.63) is 29.6 Å². The molecule has 1 aromatic rings. The van der Waals surface area contributed by atoms with E-state index in [1.807, 2.05) is 6.92 Å². The van der Waals surface area contributed by atoms with Gasteiger partial charge in [0.25, 0.3) is 0 Å². The standard InChI is InChI=1S/C12H14F3NO2/c1-2-3-4-10(12(17)18)16-11-8(14)5-7(13)6-9(11)15/h5-6,10,16H,2-4H2,1H3,(H,17,18). The first-order chi connectivity index (χ1) is 8.45. The number of carbonyl (C=O) groups is 1. The average molecular weight is 261 g/mol. The van der Waals surface area contributed by atoms with Gasteiger partial charge in [-0.05, 0) is 6.42 Å². The van der Waals surface area contributed by atoms with Crippen LogP contribution in [0.25, 0.3) is 0 Å². The van der Waals surface area contributed by atoms with Crippen molar-refractivity contribution in [1.82, 2.24) is 0 Å². The maximum absolute atomic E-state index is 13.3. The number of hydrogen-bond donors (Lipinski definition) is 2. The zero-order chi connectivity index (χ0) is 13.7. The van der Waals surface area contributed by atoms with Gasteiger partial charge in [0.05, 0.1) is 0 Å². The van der Waals surface area contributed by atoms with Gasteiger partial charge in [0.2, 0.25) is 0 Å². The van der Waals surface area contributed by atoms with Crippen molar-refractivity contribution in [2.24, 2.45) is 0 Å². The van der Waals surface area contributed by atoms with Crippen LogP contribution in [0.2, 0.25) is 0 Å². The average Bonchev–Trinajstić information content (AvgIpc) is 2.26. The summed E-state index contributed by atoms with van der Waals surface area (Å²) in [5.74, 6) is -4.53. The molecule has 0 amide bonds. The fourth-order valence-corrected chi connectivity index (χ4v) is 1.52. The Morgan fingerprint density at radius 1 is 1.33 bits per heavy atom. The lowest BCUT2D eigenvalue weighted by Crippen LogP contribution is -2.30. The maximum Gasteiger partial charge on any atom is 0.326 e. The van der Waals surface area contributed by atoms with Crippen LogP contribution < -0.4 is 5.32 Å². The molecule has 0 radical (unpaired) electrons. The summed E-state index contributed by atoms with van der Waals surface area (Å²) in [6.07, 6.45) is 1.61. The first-order valence-electron chi connectivity index (χ1n) is 5.59. The minimum Gasteiger partial charge on any atom is -0.480 e. The molecule has 3 nitrogen and oxygen atoms in total. The summed E-state index contributed by atoms with van der Waals surface area (Å²) in [4.78, 5) is 10.9. The topological polar surface area (TPSA) is 49.3 Å². The van der Waals surface area contributed by atoms with Crippen molar-refractivity contribution in [2.75, 3.05) is 5.32 Å². The molecule has 1 atom stereocenters. The van der Waals surface area contributed by atoms with Crippen molar-refractivity contribution in [3.8, 4) is 0 Å². The number of nitrogens with one attached hydrogen (secondary N) is 1. The number of rotatable bonds is 6. The molecular formula is C12H14F3NO2. The molecule has 0 spiro atoms. The third kappa shape index (κ3) is 3.65. The summed E-state index contributed by atoms with van der Waals surface area (Å²) in [7, 11) is 0. The predicted octanol–water partition coefficient (Wildman–Crippen LogP) is 3.16. The van der Waals surface area contributed by atoms with Gasteiger partial charge in [-0.2, -0.15) is 0 Å². The molecule has 1 aromatic carbocycles. The van der Waals surface area contributed by atoms with Gasteiger partial charge in [0.1, 0.15) is 17.5 Å². The van der Waals surface area contributed by atoms with Crippen LogP contribution in [0, 0.1) is 17.5 Å². The molecule has 0 saturated heterocycles. The van der Waals surface area contributed by atoms with E-state index in [1.165, 1.54) is 0 Å². The highest BCUT2D eigenvalue weighted by molar-refractivity contribution is 5.77. The zero-order valence-corrected chi connectivity index (χ0v) is 9.84. The van der Waals surface area contributed by atoms with Crippen molar-refractivity contribution < 1.29 is 23.1 Å². The molecular weight excluding hydrogens is 247 g/mol. The second kappa shape index (κ2) is 6.28. The van der Waals surface area contributed by atoms with Gasteiger partial charge in [0.15, 0.2) is 11.6 Å². The Labute approximate surface area is 103 Å². The SMILES string of the molecule is CCCCC(Nc1c(F)cc(F)cc1F)C(=O)O. The maximum atomic E-state index is 13.3. The summed E-state index contributed by atoms with van der Waals surface area (Å²) >= 11 is 0. The highest BCUT2D eigenvalue weighted by Crippen LogP contribution is 2.22. The molecule has 100 valence electrons. The second-order valence-corrected chi connectivity index (χ2v) is 3.92. The molecule has 0 bridgehead atoms. The molecule has 1 unspecified atom stereocenters. The van der Waals surface area contributed by atoms with Gasteiger partial charge in [0, 0.05) is 12.1 Å². The van der Waals surface area contributed by atoms with Crippen molar-refractivity contribution in [3.63, 3.8) is 0 Å². The second-order valence-electron chi connectivity index (χ2n) is 3.92. The van der Waals surface area contributed by atoms with Crippen LogP contribution in [0.15, 0.2) is 12.1 Å². The number of halogens is 3. The third-order valence-electron chi connectivity index (χ3n) is 2.47. The first-order valence-corrected chi connectivity index (χ1v) is 5.59. The number of carboxylic acids is 1. The van der Waals surface area contributed by atoms with Crippen LogP contribution in [-0.2, 0) is 4.79 Å². The molecule has 6 heteroatoms. The Morgan fingerprint density at radius 3 is 2.33 bits per heavy atom. The van der Waals surface area contributed by atoms with Crippen molar-refractivity contribution in [2.45, 2.75) is 32.2 Å². The first kappa shape index (κ1) is 14.3. The molecule has 0 fully saturated rings. The van der Waals surface area contributed by atoms with E-state index in [-0.39, 0.29) is 6.42 Å². The summed E-state index contributed by atoms with van der Waals surface area (Å²) in [5, 5.41) is 11.2. The van der Waals surface area contributed by atoms with Crippen LogP contribution >= 0.6 is 0 Å². The van der Waals surface area contributed by atoms with Crippen LogP contribution in [0.4, 0.5) is 18.9 Å². The minimum absolute atomic E-state index is 0.238. The summed E-state index contributed by atoms with van der Waals surface area (Å²) in [6.45, 7) is 1.87. The molecule has 0 aliphatic rings. The normalized spacial score (nSPS) is 12.2. The van der Waals surface area contributed by atoms with E-state index in [2.05, 4.69) is 5.32 Å². The lowest BCUT2D eigenvalue weighted by molar-refractivity contribution is -0.138. The lowest BCUT2D eigenvalue weighted by Gasteiger charge is -2.16. The van der Waals surface area contributed by atoms with Gasteiger partial charge in [-0.1, -0.05) is 19.8 Å². The van der Waals surface area contributed by atoms with E-state index < -0.39 is 35.2 Å². The van der Waals surface area contributed by atoms with Crippen LogP contribution in [-0.4, -0.2) is 17.1 Å². The van der Waals surface area contributed by atoms with Crippen molar-refractivity contribution in [1.29, 1.82) is 0 Å². The Morgan fingerprint density at radius 2 is 1.89 bits per heavy atom. The van der Waals surface area contributed by atoms with E-state index in [9.17, 15) is 18.0 Å². The van der Waals surface area contributed by atoms with E-state index in [0.29, 0.717) is 18.6 Å². The highest BCUT2D eigenvalue weighted by Gasteiger charge is 2.20. The van der Waals surface area contributed by atoms with E-state index in [4.69, 9.17) is 5.11 Å². The zero-order valence-electron chi connectivity index (χ0n) is 9.84. The molecule has 0 heterocycles. The monoisotopic (exact) mass is 261 g/mol. The number of benzene rings is 1. The molecule has 0 aromatic heterocycles. The largest absolute Gasteiger partial charge is 0.480 e. The summed E-state index contributed by atoms with van der Waals surface area (Å²) in [5.41, 5.74) is -0.611. The Kier molecular flexibility index (Phi) is 5.00. The minimum atomic E-state index is -1.20. The van der Waals surface area contributed by atoms with Gasteiger partial charge in [-0.15, -0.1) is 0 Å². The molecule has 0 aliphatic carbocycles. The number of carboxylic acid groups (broad SMARTS) is 1. The van der Waals surface area contributed by atoms with Crippen molar-refractivity contribution >= 4 is 11.7 Å². The summed E-state index contributed by atoms with van der Waals surface area (Å²) < 4.78 is 39.3. The fraction of sp³-hybridized carbons (Fsp3) is 0.417. The molecule has 18 heavy (non-hydrogen) atoms. The fourth-order valence-electron chi connectivity index (χ4n) is 1.52. The predicted molar refractivity (Wildman–Crippen MR) is 60.9 cm³/mol. The van der Waals surface area contributed by atoms with E-state index >= 15 is 0 Å². The molecule has 1 rings (SSSR count). The van der Waals surface area contributed by atoms with E-state index in [0.717, 1.165) is 6.42 Å². The van der Waals surface area contributed by atoms with E-state index in [1.54, 1.807) is 0 Å². The van der Waals surface area contributed by atoms with Gasteiger partial charge < -0.3 is 10.4 Å². The van der Waals surface area contributed by atoms with Gasteiger partial charge in [-0.25, -0.2) is 18.0 Å². The molecule has 2 N–H and O–H groups in total. The molecule has 0 saturated carbocycles. The highest BCUT2D eigenvalue weighted by atomic mass is 19.1. The van der Waals surface area contributed by atoms with Gasteiger partial charge >= 0.3 is 5.97 Å². The Balaban J connectivity index is 2.90. The number of unbranched alkanes of at least 4 members (excludes halogenated alkanes) is 1. The number of hydrogen-bond acceptors (Lipinski definition) is 2. The summed E-state index contributed by atoms with van der Waals surface area (Å²) in [6, 6.07) is -0.0895.